The molecule has 1 amide bonds. The van der Waals surface area contributed by atoms with Crippen molar-refractivity contribution >= 4 is 5.91 Å². The molecule has 1 fully saturated rings. The van der Waals surface area contributed by atoms with Crippen LogP contribution in [0.4, 0.5) is 0 Å². The lowest BCUT2D eigenvalue weighted by Crippen LogP contribution is -2.38. The molecule has 0 unspecified atom stereocenters. The number of aryl methyl sites for hydroxylation is 3. The predicted octanol–water partition coefficient (Wildman–Crippen LogP) is 1.98. The van der Waals surface area contributed by atoms with Gasteiger partial charge in [-0.2, -0.15) is 5.10 Å². The van der Waals surface area contributed by atoms with Gasteiger partial charge in [-0.15, -0.1) is 0 Å². The lowest BCUT2D eigenvalue weighted by Gasteiger charge is -2.31. The molecular formula is C18H27N5O2. The lowest BCUT2D eigenvalue weighted by molar-refractivity contribution is 0.0933. The van der Waals surface area contributed by atoms with Gasteiger partial charge in [0.2, 0.25) is 5.89 Å². The lowest BCUT2D eigenvalue weighted by atomic mass is 9.96. The summed E-state index contributed by atoms with van der Waals surface area (Å²) in [7, 11) is 1.85. The molecule has 0 saturated carbocycles. The molecule has 1 saturated heterocycles. The summed E-state index contributed by atoms with van der Waals surface area (Å²) < 4.78 is 7.39. The highest BCUT2D eigenvalue weighted by atomic mass is 16.4. The van der Waals surface area contributed by atoms with Gasteiger partial charge in [0.25, 0.3) is 5.91 Å². The predicted molar refractivity (Wildman–Crippen MR) is 94.3 cm³/mol. The van der Waals surface area contributed by atoms with Gasteiger partial charge in [0.05, 0.1) is 24.0 Å². The maximum Gasteiger partial charge on any atom is 0.254 e. The van der Waals surface area contributed by atoms with E-state index in [1.165, 1.54) is 0 Å². The molecule has 0 aliphatic carbocycles. The summed E-state index contributed by atoms with van der Waals surface area (Å²) in [5.41, 5.74) is 2.52. The number of nitrogens with zero attached hydrogens (tertiary/aromatic N) is 4. The molecule has 1 aliphatic heterocycles. The van der Waals surface area contributed by atoms with Crippen LogP contribution in [-0.4, -0.2) is 45.2 Å². The average molecular weight is 345 g/mol. The minimum Gasteiger partial charge on any atom is -0.444 e. The average Bonchev–Trinajstić information content (AvgIpc) is 3.09. The number of hydrogen-bond acceptors (Lipinski definition) is 5. The van der Waals surface area contributed by atoms with Crippen molar-refractivity contribution in [3.05, 3.63) is 34.8 Å². The Labute approximate surface area is 148 Å². The van der Waals surface area contributed by atoms with Gasteiger partial charge >= 0.3 is 0 Å². The summed E-state index contributed by atoms with van der Waals surface area (Å²) >= 11 is 0. The quantitative estimate of drug-likeness (QED) is 0.897. The van der Waals surface area contributed by atoms with Crippen LogP contribution >= 0.6 is 0 Å². The van der Waals surface area contributed by atoms with Gasteiger partial charge < -0.3 is 9.73 Å². The number of likely N-dealkylation sites (tertiary alicyclic amines) is 1. The number of carbonyl (C=O) groups is 1. The van der Waals surface area contributed by atoms with E-state index in [0.29, 0.717) is 11.5 Å². The van der Waals surface area contributed by atoms with Gasteiger partial charge in [-0.3, -0.25) is 14.4 Å². The first kappa shape index (κ1) is 17.7. The number of amides is 1. The van der Waals surface area contributed by atoms with Crippen LogP contribution in [0.2, 0.25) is 0 Å². The maximum atomic E-state index is 12.3. The number of rotatable bonds is 5. The molecule has 3 rings (SSSR count). The van der Waals surface area contributed by atoms with E-state index in [1.54, 1.807) is 10.9 Å². The molecule has 0 atom stereocenters. The highest BCUT2D eigenvalue weighted by Crippen LogP contribution is 2.19. The van der Waals surface area contributed by atoms with Crippen molar-refractivity contribution in [2.45, 2.75) is 40.2 Å². The molecule has 2 aromatic rings. The van der Waals surface area contributed by atoms with Crippen molar-refractivity contribution in [3.63, 3.8) is 0 Å². The summed E-state index contributed by atoms with van der Waals surface area (Å²) in [6.07, 6.45) is 3.78. The molecule has 25 heavy (non-hydrogen) atoms. The Bertz CT molecular complexity index is 721. The first-order valence-electron chi connectivity index (χ1n) is 8.86. The third-order valence-corrected chi connectivity index (χ3v) is 5.17. The number of carbonyl (C=O) groups excluding carboxylic acids is 1. The molecular weight excluding hydrogens is 318 g/mol. The van der Waals surface area contributed by atoms with Crippen molar-refractivity contribution < 1.29 is 9.21 Å². The molecule has 0 radical (unpaired) electrons. The summed E-state index contributed by atoms with van der Waals surface area (Å²) in [6, 6.07) is 0. The van der Waals surface area contributed by atoms with E-state index in [9.17, 15) is 4.79 Å². The monoisotopic (exact) mass is 345 g/mol. The van der Waals surface area contributed by atoms with E-state index in [0.717, 1.165) is 62.1 Å². The zero-order chi connectivity index (χ0) is 18.0. The SMILES string of the molecule is Cc1nc(CN2CCC(CNC(=O)c3cnn(C)c3C)CC2)oc1C. The minimum atomic E-state index is -0.0289. The molecule has 1 aliphatic rings. The minimum absolute atomic E-state index is 0.0289. The van der Waals surface area contributed by atoms with Crippen LogP contribution in [0, 0.1) is 26.7 Å². The Kier molecular flexibility index (Phi) is 5.22. The van der Waals surface area contributed by atoms with E-state index in [1.807, 2.05) is 27.8 Å². The van der Waals surface area contributed by atoms with Gasteiger partial charge in [-0.25, -0.2) is 4.98 Å². The van der Waals surface area contributed by atoms with Crippen LogP contribution in [0.1, 0.15) is 46.2 Å². The summed E-state index contributed by atoms with van der Waals surface area (Å²) in [4.78, 5) is 19.1. The van der Waals surface area contributed by atoms with Gasteiger partial charge in [-0.1, -0.05) is 0 Å². The highest BCUT2D eigenvalue weighted by molar-refractivity contribution is 5.95. The fraction of sp³-hybridized carbons (Fsp3) is 0.611. The van der Waals surface area contributed by atoms with Crippen LogP contribution in [0.3, 0.4) is 0 Å². The number of piperidine rings is 1. The zero-order valence-corrected chi connectivity index (χ0v) is 15.5. The van der Waals surface area contributed by atoms with Crippen LogP contribution in [0.5, 0.6) is 0 Å². The Morgan fingerprint density at radius 1 is 1.32 bits per heavy atom. The fourth-order valence-corrected chi connectivity index (χ4v) is 3.20. The second kappa shape index (κ2) is 7.39. The Morgan fingerprint density at radius 3 is 2.60 bits per heavy atom. The van der Waals surface area contributed by atoms with Gasteiger partial charge in [0, 0.05) is 19.3 Å². The summed E-state index contributed by atoms with van der Waals surface area (Å²) in [5.74, 6) is 2.19. The van der Waals surface area contributed by atoms with E-state index in [-0.39, 0.29) is 5.91 Å². The molecule has 7 nitrogen and oxygen atoms in total. The van der Waals surface area contributed by atoms with Crippen molar-refractivity contribution in [1.82, 2.24) is 25.0 Å². The maximum absolute atomic E-state index is 12.3. The largest absolute Gasteiger partial charge is 0.444 e. The second-order valence-corrected chi connectivity index (χ2v) is 6.95. The van der Waals surface area contributed by atoms with Gasteiger partial charge in [0.1, 0.15) is 5.76 Å². The Balaban J connectivity index is 1.43. The van der Waals surface area contributed by atoms with Crippen molar-refractivity contribution in [3.8, 4) is 0 Å². The van der Waals surface area contributed by atoms with E-state index < -0.39 is 0 Å². The molecule has 0 bridgehead atoms. The zero-order valence-electron chi connectivity index (χ0n) is 15.5. The highest BCUT2D eigenvalue weighted by Gasteiger charge is 2.22. The standard InChI is InChI=1S/C18H27N5O2/c1-12-14(3)25-17(21-12)11-23-7-5-15(6-8-23)9-19-18(24)16-10-20-22(4)13(16)2/h10,15H,5-9,11H2,1-4H3,(H,19,24). The van der Waals surface area contributed by atoms with Crippen molar-refractivity contribution in [2.75, 3.05) is 19.6 Å². The van der Waals surface area contributed by atoms with Crippen LogP contribution < -0.4 is 5.32 Å². The molecule has 3 heterocycles. The molecule has 0 aromatic carbocycles. The van der Waals surface area contributed by atoms with Crippen LogP contribution in [0.25, 0.3) is 0 Å². The first-order chi connectivity index (χ1) is 11.9. The molecule has 2 aromatic heterocycles. The first-order valence-corrected chi connectivity index (χ1v) is 8.86. The molecule has 7 heteroatoms. The number of aromatic nitrogens is 3. The second-order valence-electron chi connectivity index (χ2n) is 6.95. The Hall–Kier alpha value is -2.15. The molecule has 0 spiro atoms. The summed E-state index contributed by atoms with van der Waals surface area (Å²) in [6.45, 7) is 9.33. The van der Waals surface area contributed by atoms with E-state index in [2.05, 4.69) is 20.3 Å². The summed E-state index contributed by atoms with van der Waals surface area (Å²) in [5, 5.41) is 7.18. The topological polar surface area (TPSA) is 76.2 Å². The van der Waals surface area contributed by atoms with Crippen LogP contribution in [0.15, 0.2) is 10.6 Å². The number of nitrogens with one attached hydrogen (secondary N) is 1. The van der Waals surface area contributed by atoms with E-state index in [4.69, 9.17) is 4.42 Å². The smallest absolute Gasteiger partial charge is 0.254 e. The normalized spacial score (nSPS) is 16.3. The van der Waals surface area contributed by atoms with Crippen molar-refractivity contribution in [1.29, 1.82) is 0 Å². The number of oxazole rings is 1. The number of hydrogen-bond donors (Lipinski definition) is 1. The van der Waals surface area contributed by atoms with E-state index >= 15 is 0 Å². The van der Waals surface area contributed by atoms with Gasteiger partial charge in [-0.05, 0) is 52.6 Å². The third kappa shape index (κ3) is 4.10. The Morgan fingerprint density at radius 2 is 2.04 bits per heavy atom. The van der Waals surface area contributed by atoms with Gasteiger partial charge in [0.15, 0.2) is 0 Å². The molecule has 1 N–H and O–H groups in total. The van der Waals surface area contributed by atoms with Crippen LogP contribution in [-0.2, 0) is 13.6 Å². The third-order valence-electron chi connectivity index (χ3n) is 5.17. The molecule has 136 valence electrons. The fourth-order valence-electron chi connectivity index (χ4n) is 3.20. The van der Waals surface area contributed by atoms with Crippen molar-refractivity contribution in [2.24, 2.45) is 13.0 Å².